The molecule has 2 nitrogen and oxygen atoms in total. The summed E-state index contributed by atoms with van der Waals surface area (Å²) in [4.78, 5) is 0. The summed E-state index contributed by atoms with van der Waals surface area (Å²) in [5, 5.41) is 0. The first-order chi connectivity index (χ1) is 7.53. The Balaban J connectivity index is 1.94. The van der Waals surface area contributed by atoms with E-state index in [1.165, 1.54) is 12.0 Å². The SMILES string of the molecule is COc1ccc(CC(N)C2CC2(C)C)cc1. The lowest BCUT2D eigenvalue weighted by Crippen LogP contribution is -2.27. The van der Waals surface area contributed by atoms with Gasteiger partial charge in [-0.2, -0.15) is 0 Å². The van der Waals surface area contributed by atoms with Crippen molar-refractivity contribution in [3.63, 3.8) is 0 Å². The van der Waals surface area contributed by atoms with Crippen molar-refractivity contribution in [2.24, 2.45) is 17.1 Å². The zero-order valence-electron chi connectivity index (χ0n) is 10.4. The minimum atomic E-state index is 0.295. The van der Waals surface area contributed by atoms with Gasteiger partial charge in [0.2, 0.25) is 0 Å². The second-order valence-corrected chi connectivity index (χ2v) is 5.52. The Morgan fingerprint density at radius 3 is 2.38 bits per heavy atom. The van der Waals surface area contributed by atoms with E-state index in [1.807, 2.05) is 12.1 Å². The molecule has 2 heteroatoms. The number of rotatable bonds is 4. The number of hydrogen-bond donors (Lipinski definition) is 1. The van der Waals surface area contributed by atoms with Crippen LogP contribution in [0.2, 0.25) is 0 Å². The van der Waals surface area contributed by atoms with Crippen molar-refractivity contribution in [3.8, 4) is 5.75 Å². The number of nitrogens with two attached hydrogens (primary N) is 1. The van der Waals surface area contributed by atoms with Crippen molar-refractivity contribution in [1.29, 1.82) is 0 Å². The molecule has 1 aromatic rings. The molecule has 2 rings (SSSR count). The van der Waals surface area contributed by atoms with E-state index in [0.717, 1.165) is 12.2 Å². The highest BCUT2D eigenvalue weighted by Crippen LogP contribution is 2.53. The fourth-order valence-corrected chi connectivity index (χ4v) is 2.41. The highest BCUT2D eigenvalue weighted by Gasteiger charge is 2.48. The van der Waals surface area contributed by atoms with Crippen LogP contribution in [-0.4, -0.2) is 13.2 Å². The first-order valence-corrected chi connectivity index (χ1v) is 5.91. The predicted molar refractivity (Wildman–Crippen MR) is 66.6 cm³/mol. The largest absolute Gasteiger partial charge is 0.497 e. The fraction of sp³-hybridized carbons (Fsp3) is 0.571. The number of hydrogen-bond acceptors (Lipinski definition) is 2. The summed E-state index contributed by atoms with van der Waals surface area (Å²) in [5.74, 6) is 1.60. The lowest BCUT2D eigenvalue weighted by atomic mass is 9.98. The number of methoxy groups -OCH3 is 1. The average Bonchev–Trinajstić information content (AvgIpc) is 2.89. The maximum absolute atomic E-state index is 6.23. The van der Waals surface area contributed by atoms with Crippen molar-refractivity contribution in [2.75, 3.05) is 7.11 Å². The van der Waals surface area contributed by atoms with Gasteiger partial charge < -0.3 is 10.5 Å². The van der Waals surface area contributed by atoms with E-state index < -0.39 is 0 Å². The third-order valence-corrected chi connectivity index (χ3v) is 3.74. The van der Waals surface area contributed by atoms with Crippen LogP contribution < -0.4 is 10.5 Å². The molecule has 1 aromatic carbocycles. The fourth-order valence-electron chi connectivity index (χ4n) is 2.41. The zero-order valence-corrected chi connectivity index (χ0v) is 10.4. The Morgan fingerprint density at radius 1 is 1.38 bits per heavy atom. The molecule has 88 valence electrons. The summed E-state index contributed by atoms with van der Waals surface area (Å²) in [6.45, 7) is 4.59. The van der Waals surface area contributed by atoms with Crippen LogP contribution in [0.4, 0.5) is 0 Å². The van der Waals surface area contributed by atoms with Gasteiger partial charge in [-0.3, -0.25) is 0 Å². The van der Waals surface area contributed by atoms with Crippen LogP contribution in [0.3, 0.4) is 0 Å². The Kier molecular flexibility index (Phi) is 2.94. The molecule has 0 amide bonds. The summed E-state index contributed by atoms with van der Waals surface area (Å²) < 4.78 is 5.14. The molecule has 1 aliphatic rings. The van der Waals surface area contributed by atoms with Crippen LogP contribution >= 0.6 is 0 Å². The monoisotopic (exact) mass is 219 g/mol. The number of benzene rings is 1. The van der Waals surface area contributed by atoms with Gasteiger partial charge >= 0.3 is 0 Å². The topological polar surface area (TPSA) is 35.2 Å². The average molecular weight is 219 g/mol. The molecule has 2 unspecified atom stereocenters. The van der Waals surface area contributed by atoms with Gasteiger partial charge in [0.1, 0.15) is 5.75 Å². The molecule has 0 radical (unpaired) electrons. The molecule has 0 spiro atoms. The van der Waals surface area contributed by atoms with E-state index in [1.54, 1.807) is 7.11 Å². The first kappa shape index (κ1) is 11.5. The van der Waals surface area contributed by atoms with Crippen molar-refractivity contribution in [1.82, 2.24) is 0 Å². The van der Waals surface area contributed by atoms with Crippen LogP contribution in [0.15, 0.2) is 24.3 Å². The van der Waals surface area contributed by atoms with Crippen molar-refractivity contribution in [3.05, 3.63) is 29.8 Å². The van der Waals surface area contributed by atoms with Crippen LogP contribution in [0.5, 0.6) is 5.75 Å². The normalized spacial score (nSPS) is 23.9. The summed E-state index contributed by atoms with van der Waals surface area (Å²) in [7, 11) is 1.69. The predicted octanol–water partition coefficient (Wildman–Crippen LogP) is 2.61. The molecule has 0 bridgehead atoms. The van der Waals surface area contributed by atoms with Crippen molar-refractivity contribution >= 4 is 0 Å². The van der Waals surface area contributed by atoms with Gasteiger partial charge in [0.25, 0.3) is 0 Å². The Bertz CT molecular complexity index is 356. The standard InChI is InChI=1S/C14H21NO/c1-14(2)9-12(14)13(15)8-10-4-6-11(16-3)7-5-10/h4-7,12-13H,8-9,15H2,1-3H3. The highest BCUT2D eigenvalue weighted by molar-refractivity contribution is 5.28. The van der Waals surface area contributed by atoms with E-state index >= 15 is 0 Å². The van der Waals surface area contributed by atoms with Gasteiger partial charge in [-0.1, -0.05) is 26.0 Å². The van der Waals surface area contributed by atoms with Crippen LogP contribution in [0.1, 0.15) is 25.8 Å². The molecule has 0 aliphatic heterocycles. The van der Waals surface area contributed by atoms with Gasteiger partial charge in [-0.15, -0.1) is 0 Å². The summed E-state index contributed by atoms with van der Waals surface area (Å²) in [6, 6.07) is 8.51. The van der Waals surface area contributed by atoms with Crippen LogP contribution in [-0.2, 0) is 6.42 Å². The molecule has 0 aromatic heterocycles. The molecule has 0 saturated heterocycles. The van der Waals surface area contributed by atoms with Gasteiger partial charge in [-0.05, 0) is 41.9 Å². The molecule has 1 fully saturated rings. The van der Waals surface area contributed by atoms with Gasteiger partial charge in [0.05, 0.1) is 7.11 Å². The van der Waals surface area contributed by atoms with E-state index in [0.29, 0.717) is 17.4 Å². The summed E-state index contributed by atoms with van der Waals surface area (Å²) in [5.41, 5.74) is 7.99. The summed E-state index contributed by atoms with van der Waals surface area (Å²) in [6.07, 6.45) is 2.24. The van der Waals surface area contributed by atoms with E-state index in [2.05, 4.69) is 26.0 Å². The quantitative estimate of drug-likeness (QED) is 0.845. The molecule has 2 N–H and O–H groups in total. The van der Waals surface area contributed by atoms with Crippen LogP contribution in [0, 0.1) is 11.3 Å². The third-order valence-electron chi connectivity index (χ3n) is 3.74. The van der Waals surface area contributed by atoms with E-state index in [9.17, 15) is 0 Å². The van der Waals surface area contributed by atoms with Gasteiger partial charge in [0.15, 0.2) is 0 Å². The maximum Gasteiger partial charge on any atom is 0.118 e. The lowest BCUT2D eigenvalue weighted by molar-refractivity contribution is 0.414. The zero-order chi connectivity index (χ0) is 11.8. The van der Waals surface area contributed by atoms with E-state index in [4.69, 9.17) is 10.5 Å². The minimum Gasteiger partial charge on any atom is -0.497 e. The lowest BCUT2D eigenvalue weighted by Gasteiger charge is -2.13. The Labute approximate surface area is 97.8 Å². The van der Waals surface area contributed by atoms with Gasteiger partial charge in [0, 0.05) is 6.04 Å². The highest BCUT2D eigenvalue weighted by atomic mass is 16.5. The molecular formula is C14H21NO. The molecule has 1 aliphatic carbocycles. The third kappa shape index (κ3) is 2.38. The first-order valence-electron chi connectivity index (χ1n) is 5.91. The van der Waals surface area contributed by atoms with Crippen molar-refractivity contribution in [2.45, 2.75) is 32.7 Å². The second-order valence-electron chi connectivity index (χ2n) is 5.52. The maximum atomic E-state index is 6.23. The molecule has 0 heterocycles. The minimum absolute atomic E-state index is 0.295. The second kappa shape index (κ2) is 4.10. The Morgan fingerprint density at radius 2 is 1.94 bits per heavy atom. The number of ether oxygens (including phenoxy) is 1. The Hall–Kier alpha value is -1.02. The molecule has 2 atom stereocenters. The van der Waals surface area contributed by atoms with Crippen molar-refractivity contribution < 1.29 is 4.74 Å². The van der Waals surface area contributed by atoms with Gasteiger partial charge in [-0.25, -0.2) is 0 Å². The molecule has 16 heavy (non-hydrogen) atoms. The molecule has 1 saturated carbocycles. The van der Waals surface area contributed by atoms with E-state index in [-0.39, 0.29) is 0 Å². The summed E-state index contributed by atoms with van der Waals surface area (Å²) >= 11 is 0. The van der Waals surface area contributed by atoms with Crippen LogP contribution in [0.25, 0.3) is 0 Å². The smallest absolute Gasteiger partial charge is 0.118 e. The molecular weight excluding hydrogens is 198 g/mol.